The number of para-hydroxylation sites is 2. The monoisotopic (exact) mass is 301 g/mol. The van der Waals surface area contributed by atoms with E-state index in [0.29, 0.717) is 0 Å². The fraction of sp³-hybridized carbons (Fsp3) is 0.143. The van der Waals surface area contributed by atoms with Crippen LogP contribution in [-0.2, 0) is 0 Å². The normalized spacial score (nSPS) is 11.3. The number of nitrogens with two attached hydrogens (primary N) is 1. The number of hydrogen-bond acceptors (Lipinski definition) is 3. The molecule has 0 aromatic heterocycles. The van der Waals surface area contributed by atoms with Gasteiger partial charge in [0.05, 0.1) is 5.69 Å². The summed E-state index contributed by atoms with van der Waals surface area (Å²) in [6.07, 6.45) is -4.84. The first-order valence-electron chi connectivity index (χ1n) is 5.84. The Kier molecular flexibility index (Phi) is 3.93. The molecule has 0 bridgehead atoms. The third kappa shape index (κ3) is 3.77. The van der Waals surface area contributed by atoms with E-state index in [1.54, 1.807) is 0 Å². The average Bonchev–Trinajstić information content (AvgIpc) is 2.36. The summed E-state index contributed by atoms with van der Waals surface area (Å²) in [5.74, 6) is -1.16. The Morgan fingerprint density at radius 3 is 2.24 bits per heavy atom. The second-order valence-electron chi connectivity index (χ2n) is 4.24. The van der Waals surface area contributed by atoms with Crippen molar-refractivity contribution in [2.75, 3.05) is 5.73 Å². The van der Waals surface area contributed by atoms with E-state index in [0.717, 1.165) is 12.1 Å². The van der Waals surface area contributed by atoms with Crippen LogP contribution in [-0.4, -0.2) is 6.36 Å². The number of rotatable bonds is 3. The van der Waals surface area contributed by atoms with E-state index in [1.807, 2.05) is 0 Å². The van der Waals surface area contributed by atoms with Crippen molar-refractivity contribution in [3.63, 3.8) is 0 Å². The van der Waals surface area contributed by atoms with E-state index in [4.69, 9.17) is 10.5 Å². The minimum Gasteiger partial charge on any atom is -0.451 e. The zero-order valence-corrected chi connectivity index (χ0v) is 10.9. The second-order valence-corrected chi connectivity index (χ2v) is 4.24. The average molecular weight is 301 g/mol. The smallest absolute Gasteiger partial charge is 0.451 e. The van der Waals surface area contributed by atoms with Gasteiger partial charge in [-0.25, -0.2) is 4.39 Å². The lowest BCUT2D eigenvalue weighted by Gasteiger charge is -2.15. The number of aryl methyl sites for hydroxylation is 1. The van der Waals surface area contributed by atoms with E-state index in [2.05, 4.69) is 4.74 Å². The Labute approximate surface area is 117 Å². The van der Waals surface area contributed by atoms with Crippen LogP contribution in [0.25, 0.3) is 0 Å². The number of benzene rings is 2. The number of alkyl halides is 3. The summed E-state index contributed by atoms with van der Waals surface area (Å²) in [4.78, 5) is 0. The van der Waals surface area contributed by atoms with E-state index < -0.39 is 17.9 Å². The summed E-state index contributed by atoms with van der Waals surface area (Å²) in [6, 6.07) is 7.58. The highest BCUT2D eigenvalue weighted by Crippen LogP contribution is 2.37. The lowest BCUT2D eigenvalue weighted by molar-refractivity contribution is -0.275. The number of halogens is 4. The van der Waals surface area contributed by atoms with Crippen LogP contribution in [0.2, 0.25) is 0 Å². The van der Waals surface area contributed by atoms with Crippen LogP contribution in [0, 0.1) is 12.7 Å². The maximum atomic E-state index is 13.3. The summed E-state index contributed by atoms with van der Waals surface area (Å²) in [6.45, 7) is 1.49. The molecule has 0 aliphatic carbocycles. The summed E-state index contributed by atoms with van der Waals surface area (Å²) >= 11 is 0. The highest BCUT2D eigenvalue weighted by molar-refractivity contribution is 5.57. The van der Waals surface area contributed by atoms with Gasteiger partial charge < -0.3 is 15.2 Å². The highest BCUT2D eigenvalue weighted by Gasteiger charge is 2.32. The zero-order valence-electron chi connectivity index (χ0n) is 10.9. The standard InChI is InChI=1S/C14H11F4NO2/c1-8-6-13(10(19)7-9(8)15)20-11-4-2-3-5-12(11)21-14(16,17)18/h2-7H,19H2,1H3. The van der Waals surface area contributed by atoms with Crippen LogP contribution in [0.15, 0.2) is 36.4 Å². The molecule has 3 nitrogen and oxygen atoms in total. The molecule has 0 fully saturated rings. The SMILES string of the molecule is Cc1cc(Oc2ccccc2OC(F)(F)F)c(N)cc1F. The molecule has 2 rings (SSSR count). The Hall–Kier alpha value is -2.44. The van der Waals surface area contributed by atoms with Gasteiger partial charge in [-0.2, -0.15) is 0 Å². The van der Waals surface area contributed by atoms with Gasteiger partial charge in [0.15, 0.2) is 17.2 Å². The molecule has 2 aromatic carbocycles. The van der Waals surface area contributed by atoms with Gasteiger partial charge in [-0.1, -0.05) is 12.1 Å². The summed E-state index contributed by atoms with van der Waals surface area (Å²) in [7, 11) is 0. The first kappa shape index (κ1) is 15.0. The quantitative estimate of drug-likeness (QED) is 0.674. The molecule has 0 saturated carbocycles. The molecule has 2 aromatic rings. The van der Waals surface area contributed by atoms with Gasteiger partial charge in [-0.05, 0) is 30.7 Å². The molecule has 0 aliphatic heterocycles. The molecule has 0 atom stereocenters. The van der Waals surface area contributed by atoms with Crippen molar-refractivity contribution in [3.05, 3.63) is 47.8 Å². The summed E-state index contributed by atoms with van der Waals surface area (Å²) in [5.41, 5.74) is 5.82. The molecule has 7 heteroatoms. The van der Waals surface area contributed by atoms with Crippen LogP contribution in [0.1, 0.15) is 5.56 Å². The van der Waals surface area contributed by atoms with Crippen LogP contribution < -0.4 is 15.2 Å². The van der Waals surface area contributed by atoms with Gasteiger partial charge in [0.1, 0.15) is 5.82 Å². The van der Waals surface area contributed by atoms with Crippen LogP contribution in [0.4, 0.5) is 23.2 Å². The van der Waals surface area contributed by atoms with E-state index in [9.17, 15) is 17.6 Å². The summed E-state index contributed by atoms with van der Waals surface area (Å²) in [5, 5.41) is 0. The minimum absolute atomic E-state index is 0.0279. The lowest BCUT2D eigenvalue weighted by Crippen LogP contribution is -2.17. The minimum atomic E-state index is -4.84. The van der Waals surface area contributed by atoms with Gasteiger partial charge in [0.25, 0.3) is 0 Å². The molecular formula is C14H11F4NO2. The van der Waals surface area contributed by atoms with Crippen molar-refractivity contribution in [2.45, 2.75) is 13.3 Å². The molecule has 0 amide bonds. The molecular weight excluding hydrogens is 290 g/mol. The van der Waals surface area contributed by atoms with Crippen LogP contribution in [0.3, 0.4) is 0 Å². The molecule has 21 heavy (non-hydrogen) atoms. The van der Waals surface area contributed by atoms with Crippen LogP contribution in [0.5, 0.6) is 17.2 Å². The highest BCUT2D eigenvalue weighted by atomic mass is 19.4. The molecule has 0 heterocycles. The van der Waals surface area contributed by atoms with Crippen molar-refractivity contribution in [2.24, 2.45) is 0 Å². The Balaban J connectivity index is 2.34. The maximum absolute atomic E-state index is 13.3. The fourth-order valence-corrected chi connectivity index (χ4v) is 1.62. The largest absolute Gasteiger partial charge is 0.573 e. The molecule has 2 N–H and O–H groups in total. The first-order chi connectivity index (χ1) is 9.76. The molecule has 112 valence electrons. The number of ether oxygens (including phenoxy) is 2. The van der Waals surface area contributed by atoms with E-state index >= 15 is 0 Å². The molecule has 0 spiro atoms. The van der Waals surface area contributed by atoms with Gasteiger partial charge in [0, 0.05) is 6.07 Å². The van der Waals surface area contributed by atoms with Crippen molar-refractivity contribution in [3.8, 4) is 17.2 Å². The molecule has 0 saturated heterocycles. The van der Waals surface area contributed by atoms with E-state index in [1.165, 1.54) is 31.2 Å². The number of nitrogen functional groups attached to an aromatic ring is 1. The molecule has 0 unspecified atom stereocenters. The van der Waals surface area contributed by atoms with Gasteiger partial charge in [0.2, 0.25) is 0 Å². The third-order valence-corrected chi connectivity index (χ3v) is 2.59. The Bertz CT molecular complexity index is 656. The van der Waals surface area contributed by atoms with Crippen molar-refractivity contribution < 1.29 is 27.0 Å². The number of hydrogen-bond donors (Lipinski definition) is 1. The molecule has 0 radical (unpaired) electrons. The lowest BCUT2D eigenvalue weighted by atomic mass is 10.2. The van der Waals surface area contributed by atoms with Gasteiger partial charge in [-0.3, -0.25) is 0 Å². The maximum Gasteiger partial charge on any atom is 0.573 e. The fourth-order valence-electron chi connectivity index (χ4n) is 1.62. The Morgan fingerprint density at radius 2 is 1.62 bits per heavy atom. The topological polar surface area (TPSA) is 44.5 Å². The van der Waals surface area contributed by atoms with Gasteiger partial charge in [-0.15, -0.1) is 13.2 Å². The third-order valence-electron chi connectivity index (χ3n) is 2.59. The predicted octanol–water partition coefficient (Wildman–Crippen LogP) is 4.41. The van der Waals surface area contributed by atoms with Gasteiger partial charge >= 0.3 is 6.36 Å². The van der Waals surface area contributed by atoms with Crippen molar-refractivity contribution >= 4 is 5.69 Å². The van der Waals surface area contributed by atoms with E-state index in [-0.39, 0.29) is 22.7 Å². The summed E-state index contributed by atoms with van der Waals surface area (Å²) < 4.78 is 59.4. The Morgan fingerprint density at radius 1 is 1.00 bits per heavy atom. The second kappa shape index (κ2) is 5.51. The molecule has 0 aliphatic rings. The number of anilines is 1. The van der Waals surface area contributed by atoms with Crippen molar-refractivity contribution in [1.29, 1.82) is 0 Å². The first-order valence-corrected chi connectivity index (χ1v) is 5.84. The van der Waals surface area contributed by atoms with Crippen molar-refractivity contribution in [1.82, 2.24) is 0 Å². The van der Waals surface area contributed by atoms with Crippen LogP contribution >= 0.6 is 0 Å². The zero-order chi connectivity index (χ0) is 15.6. The predicted molar refractivity (Wildman–Crippen MR) is 68.7 cm³/mol.